The number of ether oxygens (including phenoxy) is 2. The number of methoxy groups -OCH3 is 1. The van der Waals surface area contributed by atoms with Crippen LogP contribution in [0, 0.1) is 11.8 Å². The summed E-state index contributed by atoms with van der Waals surface area (Å²) in [5.74, 6) is 0.960. The van der Waals surface area contributed by atoms with Crippen molar-refractivity contribution in [3.8, 4) is 5.75 Å². The molecule has 0 bridgehead atoms. The van der Waals surface area contributed by atoms with Crippen molar-refractivity contribution in [1.82, 2.24) is 9.29 Å². The number of piperidine rings is 1. The maximum atomic E-state index is 12.5. The molecule has 10 heteroatoms. The van der Waals surface area contributed by atoms with Crippen LogP contribution in [0.4, 0.5) is 10.5 Å². The van der Waals surface area contributed by atoms with Gasteiger partial charge in [0.1, 0.15) is 11.4 Å². The normalized spacial score (nSPS) is 16.5. The Morgan fingerprint density at radius 3 is 2.52 bits per heavy atom. The summed E-state index contributed by atoms with van der Waals surface area (Å²) in [6, 6.07) is 7.90. The SMILES string of the molecule is COc1ccc2c(N3CCC(C(C)CN(C(=O)OC(C)(C)C)S(N)(=O)=O)CC3)ccnc2c1. The van der Waals surface area contributed by atoms with E-state index in [0.717, 1.165) is 48.3 Å². The van der Waals surface area contributed by atoms with Gasteiger partial charge in [-0.1, -0.05) is 6.92 Å². The third-order valence-corrected chi connectivity index (χ3v) is 6.88. The Labute approximate surface area is 196 Å². The van der Waals surface area contributed by atoms with Gasteiger partial charge in [0.25, 0.3) is 0 Å². The minimum absolute atomic E-state index is 0.00358. The maximum absolute atomic E-state index is 12.5. The number of aromatic nitrogens is 1. The Kier molecular flexibility index (Phi) is 7.38. The largest absolute Gasteiger partial charge is 0.497 e. The van der Waals surface area contributed by atoms with Crippen LogP contribution in [0.15, 0.2) is 30.5 Å². The molecule has 3 rings (SSSR count). The maximum Gasteiger partial charge on any atom is 0.425 e. The first-order chi connectivity index (χ1) is 15.4. The zero-order chi connectivity index (χ0) is 24.4. The molecule has 2 aromatic rings. The number of hydrogen-bond acceptors (Lipinski definition) is 7. The van der Waals surface area contributed by atoms with Crippen LogP contribution in [0.5, 0.6) is 5.75 Å². The average Bonchev–Trinajstić information content (AvgIpc) is 2.74. The lowest BCUT2D eigenvalue weighted by Gasteiger charge is -2.37. The van der Waals surface area contributed by atoms with E-state index in [-0.39, 0.29) is 18.4 Å². The Balaban J connectivity index is 1.68. The van der Waals surface area contributed by atoms with E-state index in [9.17, 15) is 13.2 Å². The molecule has 1 aliphatic heterocycles. The minimum Gasteiger partial charge on any atom is -0.497 e. The first-order valence-electron chi connectivity index (χ1n) is 11.1. The van der Waals surface area contributed by atoms with Gasteiger partial charge in [-0.05, 0) is 63.6 Å². The number of amides is 1. The molecule has 1 fully saturated rings. The fourth-order valence-electron chi connectivity index (χ4n) is 4.23. The molecule has 1 atom stereocenters. The highest BCUT2D eigenvalue weighted by molar-refractivity contribution is 7.87. The molecule has 1 saturated heterocycles. The molecule has 0 saturated carbocycles. The number of nitrogens with two attached hydrogens (primary N) is 1. The van der Waals surface area contributed by atoms with Gasteiger partial charge in [-0.15, -0.1) is 0 Å². The van der Waals surface area contributed by atoms with Crippen molar-refractivity contribution in [2.24, 2.45) is 17.0 Å². The number of benzene rings is 1. The van der Waals surface area contributed by atoms with Gasteiger partial charge in [0, 0.05) is 43.0 Å². The third kappa shape index (κ3) is 6.26. The summed E-state index contributed by atoms with van der Waals surface area (Å²) in [4.78, 5) is 19.2. The first kappa shape index (κ1) is 25.0. The van der Waals surface area contributed by atoms with Crippen LogP contribution in [0.1, 0.15) is 40.5 Å². The second kappa shape index (κ2) is 9.72. The highest BCUT2D eigenvalue weighted by Crippen LogP contribution is 2.33. The van der Waals surface area contributed by atoms with E-state index in [4.69, 9.17) is 14.6 Å². The molecule has 1 aliphatic rings. The quantitative estimate of drug-likeness (QED) is 0.675. The Morgan fingerprint density at radius 2 is 1.94 bits per heavy atom. The summed E-state index contributed by atoms with van der Waals surface area (Å²) in [6.45, 7) is 8.65. The molecular weight excluding hydrogens is 444 g/mol. The lowest BCUT2D eigenvalue weighted by Crippen LogP contribution is -2.47. The summed E-state index contributed by atoms with van der Waals surface area (Å²) in [5, 5.41) is 6.39. The lowest BCUT2D eigenvalue weighted by atomic mass is 9.85. The molecule has 2 heterocycles. The fourth-order valence-corrected chi connectivity index (χ4v) is 4.92. The monoisotopic (exact) mass is 478 g/mol. The van der Waals surface area contributed by atoms with Crippen molar-refractivity contribution in [2.45, 2.75) is 46.1 Å². The number of carbonyl (C=O) groups is 1. The molecule has 0 spiro atoms. The Morgan fingerprint density at radius 1 is 1.27 bits per heavy atom. The van der Waals surface area contributed by atoms with Crippen molar-refractivity contribution in [3.05, 3.63) is 30.5 Å². The van der Waals surface area contributed by atoms with Crippen LogP contribution in [-0.2, 0) is 14.9 Å². The number of pyridine rings is 1. The van der Waals surface area contributed by atoms with Crippen molar-refractivity contribution in [2.75, 3.05) is 31.6 Å². The second-order valence-corrected chi connectivity index (χ2v) is 11.0. The van der Waals surface area contributed by atoms with Crippen LogP contribution in [-0.4, -0.2) is 56.1 Å². The topological polar surface area (TPSA) is 115 Å². The highest BCUT2D eigenvalue weighted by Gasteiger charge is 2.33. The molecule has 182 valence electrons. The van der Waals surface area contributed by atoms with E-state index in [1.54, 1.807) is 34.1 Å². The first-order valence-corrected chi connectivity index (χ1v) is 12.6. The van der Waals surface area contributed by atoms with Gasteiger partial charge in [0.15, 0.2) is 0 Å². The van der Waals surface area contributed by atoms with E-state index in [1.165, 1.54) is 0 Å². The summed E-state index contributed by atoms with van der Waals surface area (Å²) < 4.78 is 35.3. The Hall–Kier alpha value is -2.59. The second-order valence-electron chi connectivity index (χ2n) is 9.57. The van der Waals surface area contributed by atoms with E-state index >= 15 is 0 Å². The van der Waals surface area contributed by atoms with E-state index < -0.39 is 21.9 Å². The number of carbonyl (C=O) groups excluding carboxylic acids is 1. The molecule has 2 N–H and O–H groups in total. The predicted octanol–water partition coefficient (Wildman–Crippen LogP) is 3.54. The molecule has 0 aliphatic carbocycles. The number of fused-ring (bicyclic) bond motifs is 1. The number of anilines is 1. The molecule has 0 radical (unpaired) electrons. The Bertz CT molecular complexity index is 1090. The van der Waals surface area contributed by atoms with Gasteiger partial charge in [-0.25, -0.2) is 9.93 Å². The van der Waals surface area contributed by atoms with E-state index in [0.29, 0.717) is 4.31 Å². The van der Waals surface area contributed by atoms with Crippen LogP contribution < -0.4 is 14.8 Å². The zero-order valence-electron chi connectivity index (χ0n) is 19.9. The smallest absolute Gasteiger partial charge is 0.425 e. The third-order valence-electron chi connectivity index (χ3n) is 5.97. The van der Waals surface area contributed by atoms with Gasteiger partial charge >= 0.3 is 16.3 Å². The summed E-state index contributed by atoms with van der Waals surface area (Å²) >= 11 is 0. The van der Waals surface area contributed by atoms with Crippen LogP contribution in [0.25, 0.3) is 10.9 Å². The van der Waals surface area contributed by atoms with Gasteiger partial charge < -0.3 is 14.4 Å². The number of hydrogen-bond donors (Lipinski definition) is 1. The van der Waals surface area contributed by atoms with E-state index in [2.05, 4.69) is 9.88 Å². The molecule has 1 unspecified atom stereocenters. The standard InChI is InChI=1S/C23H34N4O5S/c1-16(15-27(33(24,29)30)22(28)32-23(2,3)4)17-9-12-26(13-10-17)21-8-11-25-20-14-18(31-5)6-7-19(20)21/h6-8,11,14,16-17H,9-10,12-13,15H2,1-5H3,(H2,24,29,30). The van der Waals surface area contributed by atoms with Crippen molar-refractivity contribution < 1.29 is 22.7 Å². The lowest BCUT2D eigenvalue weighted by molar-refractivity contribution is 0.0361. The minimum atomic E-state index is -4.22. The average molecular weight is 479 g/mol. The van der Waals surface area contributed by atoms with Crippen LogP contribution in [0.3, 0.4) is 0 Å². The van der Waals surface area contributed by atoms with Gasteiger partial charge in [0.2, 0.25) is 0 Å². The summed E-state index contributed by atoms with van der Waals surface area (Å²) in [7, 11) is -2.59. The van der Waals surface area contributed by atoms with Crippen molar-refractivity contribution >= 4 is 32.9 Å². The van der Waals surface area contributed by atoms with Crippen LogP contribution in [0.2, 0.25) is 0 Å². The molecule has 1 aromatic heterocycles. The predicted molar refractivity (Wildman–Crippen MR) is 128 cm³/mol. The molecular formula is C23H34N4O5S. The van der Waals surface area contributed by atoms with Crippen LogP contribution >= 0.6 is 0 Å². The molecule has 1 aromatic carbocycles. The van der Waals surface area contributed by atoms with Gasteiger partial charge in [-0.2, -0.15) is 12.7 Å². The fraction of sp³-hybridized carbons (Fsp3) is 0.565. The highest BCUT2D eigenvalue weighted by atomic mass is 32.2. The van der Waals surface area contributed by atoms with Gasteiger partial charge in [0.05, 0.1) is 12.6 Å². The van der Waals surface area contributed by atoms with Crippen molar-refractivity contribution in [3.63, 3.8) is 0 Å². The van der Waals surface area contributed by atoms with E-state index in [1.807, 2.05) is 31.2 Å². The molecule has 1 amide bonds. The number of rotatable bonds is 6. The summed E-state index contributed by atoms with van der Waals surface area (Å²) in [5.41, 5.74) is 1.18. The number of nitrogens with zero attached hydrogens (tertiary/aromatic N) is 3. The molecule has 33 heavy (non-hydrogen) atoms. The molecule has 9 nitrogen and oxygen atoms in total. The summed E-state index contributed by atoms with van der Waals surface area (Å²) in [6.07, 6.45) is 2.60. The van der Waals surface area contributed by atoms with Crippen molar-refractivity contribution in [1.29, 1.82) is 0 Å². The van der Waals surface area contributed by atoms with Gasteiger partial charge in [-0.3, -0.25) is 4.98 Å². The zero-order valence-corrected chi connectivity index (χ0v) is 20.8.